The van der Waals surface area contributed by atoms with Crippen LogP contribution in [0.2, 0.25) is 10.0 Å². The molecule has 0 radical (unpaired) electrons. The molecule has 0 spiro atoms. The lowest BCUT2D eigenvalue weighted by molar-refractivity contribution is -0.387. The van der Waals surface area contributed by atoms with Crippen molar-refractivity contribution >= 4 is 46.9 Å². The van der Waals surface area contributed by atoms with Gasteiger partial charge in [-0.05, 0) is 30.3 Å². The Balaban J connectivity index is 1.71. The molecule has 0 amide bonds. The fourth-order valence-corrected chi connectivity index (χ4v) is 3.76. The van der Waals surface area contributed by atoms with E-state index >= 15 is 0 Å². The highest BCUT2D eigenvalue weighted by Gasteiger charge is 2.15. The van der Waals surface area contributed by atoms with Crippen molar-refractivity contribution in [1.82, 2.24) is 0 Å². The Bertz CT molecular complexity index is 993. The molecule has 0 saturated carbocycles. The van der Waals surface area contributed by atoms with Crippen LogP contribution in [0.5, 0.6) is 0 Å². The summed E-state index contributed by atoms with van der Waals surface area (Å²) in [6.45, 7) is 0.0963. The monoisotopic (exact) mass is 432 g/mol. The van der Waals surface area contributed by atoms with Crippen LogP contribution in [-0.4, -0.2) is 11.1 Å². The fourth-order valence-electron chi connectivity index (χ4n) is 2.33. The van der Waals surface area contributed by atoms with E-state index in [1.807, 2.05) is 30.3 Å². The predicted octanol–water partition coefficient (Wildman–Crippen LogP) is 6.60. The van der Waals surface area contributed by atoms with E-state index in [1.54, 1.807) is 30.3 Å². The number of oxime groups is 1. The van der Waals surface area contributed by atoms with E-state index in [0.29, 0.717) is 26.1 Å². The third-order valence-electron chi connectivity index (χ3n) is 3.70. The molecule has 142 valence electrons. The van der Waals surface area contributed by atoms with Crippen LogP contribution in [-0.2, 0) is 11.4 Å². The Morgan fingerprint density at radius 1 is 1.04 bits per heavy atom. The van der Waals surface area contributed by atoms with Crippen LogP contribution in [0, 0.1) is 10.1 Å². The van der Waals surface area contributed by atoms with E-state index in [4.69, 9.17) is 28.0 Å². The molecule has 0 aliphatic carbocycles. The molecule has 0 bridgehead atoms. The highest BCUT2D eigenvalue weighted by atomic mass is 35.5. The Labute approximate surface area is 176 Å². The summed E-state index contributed by atoms with van der Waals surface area (Å²) >= 11 is 13.5. The zero-order chi connectivity index (χ0) is 19.9. The van der Waals surface area contributed by atoms with Gasteiger partial charge >= 0.3 is 0 Å². The number of nitrogens with zero attached hydrogens (tertiary/aromatic N) is 2. The standard InChI is InChI=1S/C20H14Cl2N2O3S/c21-17-7-4-8-18(22)16(17)13-27-23-12-14-9-10-20(19(11-14)24(25)26)28-15-5-2-1-3-6-15/h1-12H,13H2/b23-12+. The summed E-state index contributed by atoms with van der Waals surface area (Å²) in [5, 5.41) is 16.3. The van der Waals surface area contributed by atoms with Gasteiger partial charge in [0.1, 0.15) is 6.61 Å². The van der Waals surface area contributed by atoms with E-state index in [0.717, 1.165) is 4.90 Å². The van der Waals surface area contributed by atoms with E-state index < -0.39 is 4.92 Å². The molecule has 0 aromatic heterocycles. The lowest BCUT2D eigenvalue weighted by atomic mass is 10.2. The molecule has 0 N–H and O–H groups in total. The average molecular weight is 433 g/mol. The Morgan fingerprint density at radius 2 is 1.75 bits per heavy atom. The van der Waals surface area contributed by atoms with Crippen molar-refractivity contribution in [3.05, 3.63) is 98.0 Å². The quantitative estimate of drug-likeness (QED) is 0.239. The van der Waals surface area contributed by atoms with Gasteiger partial charge in [-0.25, -0.2) is 0 Å². The first kappa shape index (κ1) is 20.2. The normalized spacial score (nSPS) is 10.9. The number of halogens is 2. The largest absolute Gasteiger partial charge is 0.391 e. The second-order valence-corrected chi connectivity index (χ2v) is 7.54. The Hall–Kier alpha value is -2.54. The minimum Gasteiger partial charge on any atom is -0.391 e. The van der Waals surface area contributed by atoms with Gasteiger partial charge in [0.15, 0.2) is 0 Å². The number of nitro benzene ring substituents is 1. The number of rotatable bonds is 7. The first-order valence-corrected chi connectivity index (χ1v) is 9.71. The second kappa shape index (κ2) is 9.59. The highest BCUT2D eigenvalue weighted by molar-refractivity contribution is 7.99. The molecule has 0 aliphatic rings. The molecule has 3 aromatic carbocycles. The SMILES string of the molecule is O=[N+]([O-])c1cc(/C=N/OCc2c(Cl)cccc2Cl)ccc1Sc1ccccc1. The van der Waals surface area contributed by atoms with E-state index in [2.05, 4.69) is 5.16 Å². The number of hydrogen-bond acceptors (Lipinski definition) is 5. The molecule has 3 rings (SSSR count). The zero-order valence-electron chi connectivity index (χ0n) is 14.4. The predicted molar refractivity (Wildman–Crippen MR) is 113 cm³/mol. The zero-order valence-corrected chi connectivity index (χ0v) is 16.7. The van der Waals surface area contributed by atoms with Crippen LogP contribution in [0.1, 0.15) is 11.1 Å². The third kappa shape index (κ3) is 5.25. The number of benzene rings is 3. The number of hydrogen-bond donors (Lipinski definition) is 0. The lowest BCUT2D eigenvalue weighted by Crippen LogP contribution is -1.94. The smallest absolute Gasteiger partial charge is 0.283 e. The molecular formula is C20H14Cl2N2O3S. The molecule has 28 heavy (non-hydrogen) atoms. The topological polar surface area (TPSA) is 64.7 Å². The van der Waals surface area contributed by atoms with Crippen molar-refractivity contribution in [3.8, 4) is 0 Å². The summed E-state index contributed by atoms with van der Waals surface area (Å²) in [6, 6.07) is 19.5. The molecule has 3 aromatic rings. The lowest BCUT2D eigenvalue weighted by Gasteiger charge is -2.05. The van der Waals surface area contributed by atoms with Gasteiger partial charge in [0.25, 0.3) is 5.69 Å². The van der Waals surface area contributed by atoms with Crippen molar-refractivity contribution in [2.24, 2.45) is 5.16 Å². The van der Waals surface area contributed by atoms with Gasteiger partial charge in [-0.3, -0.25) is 10.1 Å². The molecule has 5 nitrogen and oxygen atoms in total. The summed E-state index contributed by atoms with van der Waals surface area (Å²) in [5.41, 5.74) is 1.19. The minimum absolute atomic E-state index is 0.00644. The van der Waals surface area contributed by atoms with Crippen LogP contribution in [0.15, 0.2) is 81.7 Å². The van der Waals surface area contributed by atoms with Crippen molar-refractivity contribution in [3.63, 3.8) is 0 Å². The molecule has 8 heteroatoms. The van der Waals surface area contributed by atoms with E-state index in [9.17, 15) is 10.1 Å². The van der Waals surface area contributed by atoms with E-state index in [-0.39, 0.29) is 12.3 Å². The van der Waals surface area contributed by atoms with Gasteiger partial charge in [-0.1, -0.05) is 70.5 Å². The molecule has 0 aliphatic heterocycles. The van der Waals surface area contributed by atoms with Crippen molar-refractivity contribution < 1.29 is 9.76 Å². The van der Waals surface area contributed by atoms with Gasteiger partial charge < -0.3 is 4.84 Å². The molecule has 0 fully saturated rings. The highest BCUT2D eigenvalue weighted by Crippen LogP contribution is 2.35. The third-order valence-corrected chi connectivity index (χ3v) is 5.48. The molecular weight excluding hydrogens is 419 g/mol. The maximum absolute atomic E-state index is 11.4. The summed E-state index contributed by atoms with van der Waals surface area (Å²) in [4.78, 5) is 17.7. The van der Waals surface area contributed by atoms with Crippen LogP contribution in [0.3, 0.4) is 0 Å². The van der Waals surface area contributed by atoms with Crippen LogP contribution < -0.4 is 0 Å². The Morgan fingerprint density at radius 3 is 2.43 bits per heavy atom. The van der Waals surface area contributed by atoms with Crippen molar-refractivity contribution in [1.29, 1.82) is 0 Å². The summed E-state index contributed by atoms with van der Waals surface area (Å²) in [7, 11) is 0. The van der Waals surface area contributed by atoms with Crippen LogP contribution >= 0.6 is 35.0 Å². The minimum atomic E-state index is -0.410. The molecule has 0 atom stereocenters. The Kier molecular flexibility index (Phi) is 6.92. The molecule has 0 unspecified atom stereocenters. The van der Waals surface area contributed by atoms with Gasteiger partial charge in [-0.2, -0.15) is 0 Å². The molecule has 0 heterocycles. The van der Waals surface area contributed by atoms with Crippen molar-refractivity contribution in [2.45, 2.75) is 16.4 Å². The van der Waals surface area contributed by atoms with Gasteiger partial charge in [0.2, 0.25) is 0 Å². The van der Waals surface area contributed by atoms with Gasteiger partial charge in [0.05, 0.1) is 16.0 Å². The van der Waals surface area contributed by atoms with E-state index in [1.165, 1.54) is 24.0 Å². The molecule has 0 saturated heterocycles. The number of nitro groups is 1. The van der Waals surface area contributed by atoms with Crippen LogP contribution in [0.25, 0.3) is 0 Å². The second-order valence-electron chi connectivity index (χ2n) is 5.61. The van der Waals surface area contributed by atoms with Crippen molar-refractivity contribution in [2.75, 3.05) is 0 Å². The summed E-state index contributed by atoms with van der Waals surface area (Å²) in [6.07, 6.45) is 1.41. The maximum Gasteiger partial charge on any atom is 0.283 e. The maximum atomic E-state index is 11.4. The van der Waals surface area contributed by atoms with Gasteiger partial charge in [0, 0.05) is 32.1 Å². The fraction of sp³-hybridized carbons (Fsp3) is 0.0500. The van der Waals surface area contributed by atoms with Gasteiger partial charge in [-0.15, -0.1) is 0 Å². The summed E-state index contributed by atoms with van der Waals surface area (Å²) in [5.74, 6) is 0. The average Bonchev–Trinajstić information content (AvgIpc) is 2.68. The first-order valence-electron chi connectivity index (χ1n) is 8.14. The summed E-state index contributed by atoms with van der Waals surface area (Å²) < 4.78 is 0. The first-order chi connectivity index (χ1) is 13.5. The van der Waals surface area contributed by atoms with Crippen LogP contribution in [0.4, 0.5) is 5.69 Å².